The molecule has 7 heteroatoms. The Morgan fingerprint density at radius 3 is 2.44 bits per heavy atom. The number of nitrogens with zero attached hydrogens (tertiary/aromatic N) is 1. The van der Waals surface area contributed by atoms with Crippen molar-refractivity contribution >= 4 is 40.6 Å². The van der Waals surface area contributed by atoms with Crippen LogP contribution >= 0.6 is 23.4 Å². The molecule has 3 aromatic rings. The first-order chi connectivity index (χ1) is 15.6. The van der Waals surface area contributed by atoms with Gasteiger partial charge in [0.1, 0.15) is 24.7 Å². The predicted molar refractivity (Wildman–Crippen MR) is 127 cm³/mol. The van der Waals surface area contributed by atoms with Crippen LogP contribution in [0, 0.1) is 0 Å². The minimum Gasteiger partial charge on any atom is -0.492 e. The number of rotatable bonds is 8. The fourth-order valence-electron chi connectivity index (χ4n) is 3.09. The first kappa shape index (κ1) is 22.0. The Morgan fingerprint density at radius 2 is 1.62 bits per heavy atom. The average molecular weight is 466 g/mol. The molecule has 1 fully saturated rings. The van der Waals surface area contributed by atoms with E-state index in [2.05, 4.69) is 0 Å². The molecular formula is C25H20ClNO4S. The monoisotopic (exact) mass is 465 g/mol. The summed E-state index contributed by atoms with van der Waals surface area (Å²) in [5.74, 6) is 1.02. The van der Waals surface area contributed by atoms with Gasteiger partial charge in [-0.05, 0) is 53.7 Å². The molecule has 4 rings (SSSR count). The fourth-order valence-corrected chi connectivity index (χ4v) is 4.14. The van der Waals surface area contributed by atoms with E-state index in [4.69, 9.17) is 21.1 Å². The van der Waals surface area contributed by atoms with Crippen molar-refractivity contribution in [2.45, 2.75) is 6.61 Å². The van der Waals surface area contributed by atoms with Crippen LogP contribution in [0.5, 0.6) is 11.5 Å². The van der Waals surface area contributed by atoms with E-state index in [9.17, 15) is 9.59 Å². The summed E-state index contributed by atoms with van der Waals surface area (Å²) < 4.78 is 11.4. The topological polar surface area (TPSA) is 55.8 Å². The first-order valence-corrected chi connectivity index (χ1v) is 11.2. The lowest BCUT2D eigenvalue weighted by Gasteiger charge is -2.13. The second kappa shape index (κ2) is 10.4. The van der Waals surface area contributed by atoms with Crippen molar-refractivity contribution in [1.29, 1.82) is 0 Å². The summed E-state index contributed by atoms with van der Waals surface area (Å²) in [7, 11) is 0. The molecule has 2 amide bonds. The molecule has 0 unspecified atom stereocenters. The maximum Gasteiger partial charge on any atom is 0.293 e. The molecule has 0 atom stereocenters. The number of imide groups is 1. The summed E-state index contributed by atoms with van der Waals surface area (Å²) in [4.78, 5) is 26.6. The minimum absolute atomic E-state index is 0.192. The van der Waals surface area contributed by atoms with Crippen LogP contribution in [0.4, 0.5) is 4.79 Å². The molecule has 3 aromatic carbocycles. The van der Waals surface area contributed by atoms with Gasteiger partial charge in [0.15, 0.2) is 0 Å². The lowest BCUT2D eigenvalue weighted by atomic mass is 10.2. The van der Waals surface area contributed by atoms with Gasteiger partial charge in [0.25, 0.3) is 11.1 Å². The minimum atomic E-state index is -0.320. The molecule has 32 heavy (non-hydrogen) atoms. The van der Waals surface area contributed by atoms with Crippen LogP contribution in [0.3, 0.4) is 0 Å². The third-order valence-corrected chi connectivity index (χ3v) is 5.98. The second-order valence-electron chi connectivity index (χ2n) is 6.95. The van der Waals surface area contributed by atoms with E-state index in [1.54, 1.807) is 6.08 Å². The molecular weight excluding hydrogens is 446 g/mol. The number of amides is 2. The molecule has 0 saturated carbocycles. The van der Waals surface area contributed by atoms with Gasteiger partial charge >= 0.3 is 0 Å². The zero-order chi connectivity index (χ0) is 22.3. The van der Waals surface area contributed by atoms with Crippen LogP contribution in [-0.4, -0.2) is 29.2 Å². The fraction of sp³-hybridized carbons (Fsp3) is 0.120. The summed E-state index contributed by atoms with van der Waals surface area (Å²) in [5, 5.41) is 0.345. The van der Waals surface area contributed by atoms with E-state index in [1.807, 2.05) is 78.9 Å². The predicted octanol–water partition coefficient (Wildman–Crippen LogP) is 6.03. The maximum absolute atomic E-state index is 12.7. The van der Waals surface area contributed by atoms with Gasteiger partial charge in [-0.25, -0.2) is 0 Å². The number of carbonyl (C=O) groups excluding carboxylic acids is 2. The molecule has 5 nitrogen and oxygen atoms in total. The summed E-state index contributed by atoms with van der Waals surface area (Å²) in [6, 6.07) is 24.1. The SMILES string of the molecule is O=C1S/C(=C\c2cccc(OCc3ccccc3Cl)c2)C(=O)N1CCOc1ccccc1. The maximum atomic E-state index is 12.7. The molecule has 1 heterocycles. The van der Waals surface area contributed by atoms with Gasteiger partial charge < -0.3 is 9.47 Å². The summed E-state index contributed by atoms with van der Waals surface area (Å²) in [5.41, 5.74) is 1.66. The molecule has 0 bridgehead atoms. The molecule has 0 N–H and O–H groups in total. The van der Waals surface area contributed by atoms with Crippen LogP contribution in [0.1, 0.15) is 11.1 Å². The Hall–Kier alpha value is -3.22. The van der Waals surface area contributed by atoms with E-state index in [0.717, 1.165) is 22.9 Å². The highest BCUT2D eigenvalue weighted by molar-refractivity contribution is 8.18. The van der Waals surface area contributed by atoms with Gasteiger partial charge in [0, 0.05) is 10.6 Å². The van der Waals surface area contributed by atoms with Gasteiger partial charge in [-0.15, -0.1) is 0 Å². The number of halogens is 1. The third-order valence-electron chi connectivity index (χ3n) is 4.71. The smallest absolute Gasteiger partial charge is 0.293 e. The average Bonchev–Trinajstić information content (AvgIpc) is 3.07. The van der Waals surface area contributed by atoms with Crippen molar-refractivity contribution in [3.05, 3.63) is 99.9 Å². The number of ether oxygens (including phenoxy) is 2. The van der Waals surface area contributed by atoms with Crippen molar-refractivity contribution in [2.24, 2.45) is 0 Å². The largest absolute Gasteiger partial charge is 0.492 e. The number of hydrogen-bond acceptors (Lipinski definition) is 5. The van der Waals surface area contributed by atoms with Gasteiger partial charge in [-0.3, -0.25) is 14.5 Å². The Bertz CT molecular complexity index is 1150. The quantitative estimate of drug-likeness (QED) is 0.380. The normalized spacial score (nSPS) is 14.8. The summed E-state index contributed by atoms with van der Waals surface area (Å²) in [6.07, 6.45) is 1.70. The van der Waals surface area contributed by atoms with E-state index in [1.165, 1.54) is 4.90 Å². The Kier molecular flexibility index (Phi) is 7.14. The zero-order valence-electron chi connectivity index (χ0n) is 17.1. The molecule has 0 spiro atoms. The van der Waals surface area contributed by atoms with E-state index >= 15 is 0 Å². The Labute approximate surface area is 195 Å². The van der Waals surface area contributed by atoms with E-state index < -0.39 is 0 Å². The molecule has 1 aliphatic rings. The summed E-state index contributed by atoms with van der Waals surface area (Å²) >= 11 is 7.10. The molecule has 0 aliphatic carbocycles. The van der Waals surface area contributed by atoms with Gasteiger partial charge in [-0.1, -0.05) is 60.1 Å². The number of para-hydroxylation sites is 1. The van der Waals surface area contributed by atoms with Crippen LogP contribution in [0.25, 0.3) is 6.08 Å². The van der Waals surface area contributed by atoms with Crippen LogP contribution in [0.15, 0.2) is 83.8 Å². The second-order valence-corrected chi connectivity index (χ2v) is 8.35. The van der Waals surface area contributed by atoms with Gasteiger partial charge in [0.2, 0.25) is 0 Å². The summed E-state index contributed by atoms with van der Waals surface area (Å²) in [6.45, 7) is 0.764. The van der Waals surface area contributed by atoms with Gasteiger partial charge in [0.05, 0.1) is 11.4 Å². The lowest BCUT2D eigenvalue weighted by molar-refractivity contribution is -0.123. The highest BCUT2D eigenvalue weighted by Crippen LogP contribution is 2.32. The standard InChI is InChI=1S/C25H20ClNO4S/c26-22-12-5-4-8-19(22)17-31-21-11-6-7-18(15-21)16-23-24(28)27(25(29)32-23)13-14-30-20-9-2-1-3-10-20/h1-12,15-16H,13-14,17H2/b23-16-. The molecule has 1 saturated heterocycles. The Balaban J connectivity index is 1.38. The van der Waals surface area contributed by atoms with Crippen LogP contribution in [0.2, 0.25) is 5.02 Å². The van der Waals surface area contributed by atoms with Crippen LogP contribution in [-0.2, 0) is 11.4 Å². The van der Waals surface area contributed by atoms with E-state index in [-0.39, 0.29) is 24.3 Å². The number of hydrogen-bond donors (Lipinski definition) is 0. The molecule has 0 aromatic heterocycles. The molecule has 162 valence electrons. The van der Waals surface area contributed by atoms with Crippen molar-refractivity contribution in [2.75, 3.05) is 13.2 Å². The highest BCUT2D eigenvalue weighted by Gasteiger charge is 2.34. The number of thioether (sulfide) groups is 1. The number of carbonyl (C=O) groups is 2. The van der Waals surface area contributed by atoms with Crippen molar-refractivity contribution < 1.29 is 19.1 Å². The van der Waals surface area contributed by atoms with Crippen molar-refractivity contribution in [3.8, 4) is 11.5 Å². The first-order valence-electron chi connectivity index (χ1n) is 9.99. The van der Waals surface area contributed by atoms with Gasteiger partial charge in [-0.2, -0.15) is 0 Å². The zero-order valence-corrected chi connectivity index (χ0v) is 18.6. The van der Waals surface area contributed by atoms with Crippen molar-refractivity contribution in [3.63, 3.8) is 0 Å². The van der Waals surface area contributed by atoms with E-state index in [0.29, 0.717) is 28.0 Å². The van der Waals surface area contributed by atoms with Crippen LogP contribution < -0.4 is 9.47 Å². The number of benzene rings is 3. The molecule has 0 radical (unpaired) electrons. The van der Waals surface area contributed by atoms with Crippen molar-refractivity contribution in [1.82, 2.24) is 4.90 Å². The third kappa shape index (κ3) is 5.52. The lowest BCUT2D eigenvalue weighted by Crippen LogP contribution is -2.32. The Morgan fingerprint density at radius 1 is 0.875 bits per heavy atom. The molecule has 1 aliphatic heterocycles. The highest BCUT2D eigenvalue weighted by atomic mass is 35.5.